The molecule has 1 unspecified atom stereocenters. The Kier molecular flexibility index (Phi) is 7.76. The Hall–Kier alpha value is -3.95. The number of halogens is 1. The molecule has 218 valence electrons. The average Bonchev–Trinajstić information content (AvgIpc) is 3.57. The molecule has 12 heteroatoms. The van der Waals surface area contributed by atoms with Crippen LogP contribution in [0.2, 0.25) is 5.02 Å². The second-order valence-electron chi connectivity index (χ2n) is 10.4. The smallest absolute Gasteiger partial charge is 0.271 e. The standard InChI is InChI=1S/C30H30ClN5O5S/c1-34(2)28(37)26-5-4-14-35(26)30(23-12-8-20(18-33)15-27(23)41-3)24-16-21(31)9-13-25(24)36(29(30)38)42(39,40)22-10-6-19(17-32)7-11-22/h6-13,15-16,26H,4-5,14,18,33H2,1-3H3/t26?,30-/m1/s1. The van der Waals surface area contributed by atoms with Crippen molar-refractivity contribution in [3.8, 4) is 11.8 Å². The van der Waals surface area contributed by atoms with Crippen molar-refractivity contribution in [2.75, 3.05) is 32.1 Å². The molecule has 0 radical (unpaired) electrons. The van der Waals surface area contributed by atoms with Crippen LogP contribution in [0.3, 0.4) is 0 Å². The highest BCUT2D eigenvalue weighted by atomic mass is 35.5. The lowest BCUT2D eigenvalue weighted by Crippen LogP contribution is -2.59. The maximum Gasteiger partial charge on any atom is 0.271 e. The van der Waals surface area contributed by atoms with Crippen molar-refractivity contribution in [3.05, 3.63) is 87.9 Å². The van der Waals surface area contributed by atoms with Crippen molar-refractivity contribution in [3.63, 3.8) is 0 Å². The number of carbonyl (C=O) groups excluding carboxylic acids is 2. The molecule has 3 aromatic carbocycles. The topological polar surface area (TPSA) is 137 Å². The summed E-state index contributed by atoms with van der Waals surface area (Å²) in [5.74, 6) is -0.687. The highest BCUT2D eigenvalue weighted by Gasteiger charge is 2.63. The monoisotopic (exact) mass is 607 g/mol. The molecule has 2 atom stereocenters. The minimum absolute atomic E-state index is 0.113. The van der Waals surface area contributed by atoms with Gasteiger partial charge in [-0.05, 0) is 66.9 Å². The molecule has 2 aliphatic heterocycles. The zero-order chi connectivity index (χ0) is 30.4. The Morgan fingerprint density at radius 1 is 1.14 bits per heavy atom. The minimum atomic E-state index is -4.49. The molecule has 2 N–H and O–H groups in total. The van der Waals surface area contributed by atoms with Crippen LogP contribution in [0, 0.1) is 11.3 Å². The van der Waals surface area contributed by atoms with Gasteiger partial charge in [-0.2, -0.15) is 5.26 Å². The first-order chi connectivity index (χ1) is 20.0. The lowest BCUT2D eigenvalue weighted by Gasteiger charge is -2.42. The summed E-state index contributed by atoms with van der Waals surface area (Å²) in [7, 11) is 0.263. The van der Waals surface area contributed by atoms with Gasteiger partial charge in [0.05, 0.1) is 35.4 Å². The number of likely N-dealkylation sites (tertiary alicyclic amines) is 1. The van der Waals surface area contributed by atoms with E-state index in [9.17, 15) is 18.5 Å². The Balaban J connectivity index is 1.85. The predicted octanol–water partition coefficient (Wildman–Crippen LogP) is 3.21. The van der Waals surface area contributed by atoms with Gasteiger partial charge in [0.1, 0.15) is 5.75 Å². The van der Waals surface area contributed by atoms with Crippen molar-refractivity contribution >= 4 is 39.1 Å². The van der Waals surface area contributed by atoms with Crippen LogP contribution in [-0.4, -0.2) is 63.8 Å². The number of ether oxygens (including phenoxy) is 1. The Bertz CT molecular complexity index is 1720. The van der Waals surface area contributed by atoms with E-state index in [-0.39, 0.29) is 33.6 Å². The third kappa shape index (κ3) is 4.42. The van der Waals surface area contributed by atoms with Crippen molar-refractivity contribution in [1.29, 1.82) is 5.26 Å². The molecule has 2 aliphatic rings. The molecule has 0 aliphatic carbocycles. The highest BCUT2D eigenvalue weighted by molar-refractivity contribution is 7.93. The van der Waals surface area contributed by atoms with Gasteiger partial charge in [-0.1, -0.05) is 23.7 Å². The Morgan fingerprint density at radius 3 is 2.48 bits per heavy atom. The molecular formula is C30H30ClN5O5S. The van der Waals surface area contributed by atoms with E-state index >= 15 is 4.79 Å². The van der Waals surface area contributed by atoms with Gasteiger partial charge >= 0.3 is 0 Å². The molecule has 5 rings (SSSR count). The van der Waals surface area contributed by atoms with E-state index in [4.69, 9.17) is 22.1 Å². The number of methoxy groups -OCH3 is 1. The van der Waals surface area contributed by atoms with E-state index < -0.39 is 27.5 Å². The van der Waals surface area contributed by atoms with Crippen LogP contribution in [-0.2, 0) is 31.7 Å². The fourth-order valence-electron chi connectivity index (χ4n) is 5.97. The number of rotatable bonds is 7. The van der Waals surface area contributed by atoms with Gasteiger partial charge in [0.2, 0.25) is 5.91 Å². The Labute approximate surface area is 249 Å². The summed E-state index contributed by atoms with van der Waals surface area (Å²) in [6.45, 7) is 0.541. The molecule has 0 saturated carbocycles. The lowest BCUT2D eigenvalue weighted by molar-refractivity contribution is -0.138. The van der Waals surface area contributed by atoms with E-state index in [1.165, 1.54) is 48.4 Å². The van der Waals surface area contributed by atoms with Gasteiger partial charge in [0.15, 0.2) is 5.54 Å². The molecule has 0 spiro atoms. The number of amides is 2. The van der Waals surface area contributed by atoms with Gasteiger partial charge in [-0.3, -0.25) is 14.5 Å². The summed E-state index contributed by atoms with van der Waals surface area (Å²) < 4.78 is 35.1. The van der Waals surface area contributed by atoms with E-state index in [2.05, 4.69) is 0 Å². The quantitative estimate of drug-likeness (QED) is 0.432. The van der Waals surface area contributed by atoms with Crippen LogP contribution in [0.4, 0.5) is 5.69 Å². The molecule has 0 bridgehead atoms. The average molecular weight is 608 g/mol. The fraction of sp³-hybridized carbons (Fsp3) is 0.300. The molecule has 2 amide bonds. The van der Waals surface area contributed by atoms with Crippen LogP contribution in [0.15, 0.2) is 65.6 Å². The molecule has 1 saturated heterocycles. The molecule has 10 nitrogen and oxygen atoms in total. The molecular weight excluding hydrogens is 578 g/mol. The first kappa shape index (κ1) is 29.5. The lowest BCUT2D eigenvalue weighted by atomic mass is 9.80. The van der Waals surface area contributed by atoms with E-state index in [1.54, 1.807) is 43.3 Å². The summed E-state index contributed by atoms with van der Waals surface area (Å²) in [4.78, 5) is 31.7. The SMILES string of the molecule is COc1cc(CN)ccc1[C@]1(N2CCCC2C(=O)N(C)C)C(=O)N(S(=O)(=O)c2ccc(C#N)cc2)c2ccc(Cl)cc21. The van der Waals surface area contributed by atoms with Gasteiger partial charge in [-0.25, -0.2) is 12.7 Å². The molecule has 1 fully saturated rings. The highest BCUT2D eigenvalue weighted by Crippen LogP contribution is 2.55. The number of fused-ring (bicyclic) bond motifs is 1. The first-order valence-electron chi connectivity index (χ1n) is 13.3. The maximum absolute atomic E-state index is 15.1. The summed E-state index contributed by atoms with van der Waals surface area (Å²) in [6.07, 6.45) is 1.06. The number of hydrogen-bond donors (Lipinski definition) is 1. The normalized spacial score (nSPS) is 20.3. The molecule has 2 heterocycles. The van der Waals surface area contributed by atoms with E-state index in [0.717, 1.165) is 9.87 Å². The molecule has 3 aromatic rings. The fourth-order valence-corrected chi connectivity index (χ4v) is 7.60. The second-order valence-corrected chi connectivity index (χ2v) is 12.6. The number of nitriles is 1. The van der Waals surface area contributed by atoms with Gasteiger partial charge in [0.25, 0.3) is 15.9 Å². The number of nitrogens with two attached hydrogens (primary N) is 1. The van der Waals surface area contributed by atoms with Crippen molar-refractivity contribution in [2.24, 2.45) is 5.73 Å². The van der Waals surface area contributed by atoms with Crippen LogP contribution < -0.4 is 14.8 Å². The van der Waals surface area contributed by atoms with Crippen molar-refractivity contribution in [2.45, 2.75) is 35.9 Å². The summed E-state index contributed by atoms with van der Waals surface area (Å²) in [5.41, 5.74) is 5.93. The van der Waals surface area contributed by atoms with Crippen LogP contribution in [0.25, 0.3) is 0 Å². The first-order valence-corrected chi connectivity index (χ1v) is 15.1. The van der Waals surface area contributed by atoms with E-state index in [0.29, 0.717) is 36.3 Å². The molecule has 0 aromatic heterocycles. The van der Waals surface area contributed by atoms with Gasteiger partial charge in [-0.15, -0.1) is 0 Å². The number of sulfonamides is 1. The summed E-state index contributed by atoms with van der Waals surface area (Å²) >= 11 is 6.52. The Morgan fingerprint density at radius 2 is 1.86 bits per heavy atom. The number of carbonyl (C=O) groups is 2. The third-order valence-electron chi connectivity index (χ3n) is 7.88. The van der Waals surface area contributed by atoms with Gasteiger partial charge < -0.3 is 15.4 Å². The van der Waals surface area contributed by atoms with Crippen LogP contribution in [0.1, 0.15) is 35.1 Å². The second kappa shape index (κ2) is 11.0. The number of nitrogens with zero attached hydrogens (tertiary/aromatic N) is 4. The number of anilines is 1. The van der Waals surface area contributed by atoms with Crippen LogP contribution >= 0.6 is 11.6 Å². The minimum Gasteiger partial charge on any atom is -0.496 e. The van der Waals surface area contributed by atoms with E-state index in [1.807, 2.05) is 6.07 Å². The maximum atomic E-state index is 15.1. The van der Waals surface area contributed by atoms with Gasteiger partial charge in [0, 0.05) is 43.3 Å². The zero-order valence-corrected chi connectivity index (χ0v) is 24.9. The molecule has 42 heavy (non-hydrogen) atoms. The van der Waals surface area contributed by atoms with Crippen molar-refractivity contribution < 1.29 is 22.7 Å². The predicted molar refractivity (Wildman–Crippen MR) is 157 cm³/mol. The van der Waals surface area contributed by atoms with Crippen molar-refractivity contribution in [1.82, 2.24) is 9.80 Å². The summed E-state index contributed by atoms with van der Waals surface area (Å²) in [5, 5.41) is 9.51. The zero-order valence-electron chi connectivity index (χ0n) is 23.4. The number of likely N-dealkylation sites (N-methyl/N-ethyl adjacent to an activating group) is 1. The number of benzene rings is 3. The third-order valence-corrected chi connectivity index (χ3v) is 9.83. The largest absolute Gasteiger partial charge is 0.496 e. The number of hydrogen-bond acceptors (Lipinski definition) is 8. The van der Waals surface area contributed by atoms with Crippen LogP contribution in [0.5, 0.6) is 5.75 Å². The summed E-state index contributed by atoms with van der Waals surface area (Å²) in [6, 6.07) is 16.4.